The van der Waals surface area contributed by atoms with Crippen LogP contribution in [0.5, 0.6) is 0 Å². The molecule has 1 N–H and O–H groups in total. The molecule has 9 heteroatoms. The molecule has 0 bridgehead atoms. The first kappa shape index (κ1) is 19.2. The van der Waals surface area contributed by atoms with Crippen LogP contribution in [0.15, 0.2) is 34.5 Å². The summed E-state index contributed by atoms with van der Waals surface area (Å²) in [6, 6.07) is 5.82. The van der Waals surface area contributed by atoms with Gasteiger partial charge in [-0.1, -0.05) is 29.4 Å². The summed E-state index contributed by atoms with van der Waals surface area (Å²) < 4.78 is 1.88. The van der Waals surface area contributed by atoms with E-state index in [1.165, 1.54) is 11.8 Å². The van der Waals surface area contributed by atoms with E-state index in [0.29, 0.717) is 21.4 Å². The van der Waals surface area contributed by atoms with Crippen molar-refractivity contribution < 1.29 is 0 Å². The molecule has 28 heavy (non-hydrogen) atoms. The molecule has 0 saturated carbocycles. The van der Waals surface area contributed by atoms with Crippen molar-refractivity contribution in [3.8, 4) is 5.69 Å². The molecule has 0 radical (unpaired) electrons. The van der Waals surface area contributed by atoms with E-state index >= 15 is 0 Å². The van der Waals surface area contributed by atoms with Gasteiger partial charge in [-0.05, 0) is 51.0 Å². The van der Waals surface area contributed by atoms with Crippen molar-refractivity contribution in [2.45, 2.75) is 38.1 Å². The predicted octanol–water partition coefficient (Wildman–Crippen LogP) is 5.00. The second-order valence-corrected chi connectivity index (χ2v) is 9.51. The minimum absolute atomic E-state index is 0.0962. The SMILES string of the molecule is Cc1ccc(-n2cnnc2SC(C)c2nc3sc(C)c(C)c3c(=O)[nH]2)cc1Cl. The normalized spacial score (nSPS) is 12.6. The highest BCUT2D eigenvalue weighted by Gasteiger charge is 2.19. The molecule has 0 aliphatic heterocycles. The van der Waals surface area contributed by atoms with Crippen LogP contribution in [0.25, 0.3) is 15.9 Å². The second-order valence-electron chi connectivity index (χ2n) is 6.59. The molecule has 0 saturated heterocycles. The van der Waals surface area contributed by atoms with E-state index in [-0.39, 0.29) is 10.8 Å². The summed E-state index contributed by atoms with van der Waals surface area (Å²) in [7, 11) is 0. The molecule has 3 aromatic heterocycles. The molecule has 0 fully saturated rings. The smallest absolute Gasteiger partial charge is 0.259 e. The highest BCUT2D eigenvalue weighted by molar-refractivity contribution is 7.99. The first-order chi connectivity index (χ1) is 13.3. The summed E-state index contributed by atoms with van der Waals surface area (Å²) in [5.41, 5.74) is 2.80. The van der Waals surface area contributed by atoms with E-state index in [0.717, 1.165) is 26.5 Å². The molecule has 4 rings (SSSR count). The molecule has 1 unspecified atom stereocenters. The van der Waals surface area contributed by atoms with Gasteiger partial charge >= 0.3 is 0 Å². The first-order valence-corrected chi connectivity index (χ1v) is 10.8. The molecule has 6 nitrogen and oxygen atoms in total. The Balaban J connectivity index is 1.67. The predicted molar refractivity (Wildman–Crippen MR) is 115 cm³/mol. The topological polar surface area (TPSA) is 76.5 Å². The van der Waals surface area contributed by atoms with E-state index in [4.69, 9.17) is 11.6 Å². The van der Waals surface area contributed by atoms with Crippen LogP contribution in [-0.4, -0.2) is 24.7 Å². The zero-order chi connectivity index (χ0) is 20.0. The standard InChI is InChI=1S/C19H18ClN5OS2/c1-9-5-6-13(7-14(9)20)25-8-21-24-19(25)28-12(4)16-22-17(26)15-10(2)11(3)27-18(15)23-16/h5-8,12H,1-4H3,(H,22,23,26). The van der Waals surface area contributed by atoms with Crippen LogP contribution in [0, 0.1) is 20.8 Å². The number of hydrogen-bond donors (Lipinski definition) is 1. The minimum atomic E-state index is -0.108. The van der Waals surface area contributed by atoms with Crippen LogP contribution in [0.4, 0.5) is 0 Å². The molecule has 4 aromatic rings. The van der Waals surface area contributed by atoms with Gasteiger partial charge in [0.2, 0.25) is 0 Å². The molecule has 0 aliphatic carbocycles. The third kappa shape index (κ3) is 3.36. The maximum atomic E-state index is 12.6. The number of halogens is 1. The number of aromatic nitrogens is 5. The van der Waals surface area contributed by atoms with Gasteiger partial charge in [0.1, 0.15) is 17.0 Å². The molecule has 0 spiro atoms. The van der Waals surface area contributed by atoms with Gasteiger partial charge in [-0.3, -0.25) is 9.36 Å². The van der Waals surface area contributed by atoms with Gasteiger partial charge in [0.25, 0.3) is 5.56 Å². The molecule has 144 valence electrons. The molecule has 0 aliphatic rings. The van der Waals surface area contributed by atoms with Crippen LogP contribution in [0.1, 0.15) is 34.0 Å². The van der Waals surface area contributed by atoms with Gasteiger partial charge in [-0.2, -0.15) is 0 Å². The second kappa shape index (κ2) is 7.35. The number of nitrogens with zero attached hydrogens (tertiary/aromatic N) is 4. The van der Waals surface area contributed by atoms with Gasteiger partial charge in [0.15, 0.2) is 5.16 Å². The number of hydrogen-bond acceptors (Lipinski definition) is 6. The van der Waals surface area contributed by atoms with Crippen molar-refractivity contribution >= 4 is 44.9 Å². The average Bonchev–Trinajstić information content (AvgIpc) is 3.22. The fraction of sp³-hybridized carbons (Fsp3) is 0.263. The number of fused-ring (bicyclic) bond motifs is 1. The monoisotopic (exact) mass is 431 g/mol. The number of H-pyrrole nitrogens is 1. The van der Waals surface area contributed by atoms with Gasteiger partial charge in [-0.25, -0.2) is 4.98 Å². The summed E-state index contributed by atoms with van der Waals surface area (Å²) in [4.78, 5) is 22.1. The van der Waals surface area contributed by atoms with Crippen molar-refractivity contribution in [1.29, 1.82) is 0 Å². The van der Waals surface area contributed by atoms with Crippen LogP contribution in [0.2, 0.25) is 5.02 Å². The van der Waals surface area contributed by atoms with Crippen molar-refractivity contribution in [3.63, 3.8) is 0 Å². The lowest BCUT2D eigenvalue weighted by molar-refractivity contribution is 0.861. The maximum Gasteiger partial charge on any atom is 0.259 e. The Morgan fingerprint density at radius 2 is 2.07 bits per heavy atom. The molecular formula is C19H18ClN5OS2. The zero-order valence-electron chi connectivity index (χ0n) is 15.8. The summed E-state index contributed by atoms with van der Waals surface area (Å²) in [5, 5.41) is 10.2. The van der Waals surface area contributed by atoms with Gasteiger partial charge in [0.05, 0.1) is 16.3 Å². The summed E-state index contributed by atoms with van der Waals surface area (Å²) in [6.07, 6.45) is 1.65. The largest absolute Gasteiger partial charge is 0.309 e. The lowest BCUT2D eigenvalue weighted by Gasteiger charge is -2.12. The Morgan fingerprint density at radius 1 is 1.29 bits per heavy atom. The Hall–Kier alpha value is -2.16. The first-order valence-electron chi connectivity index (χ1n) is 8.68. The van der Waals surface area contributed by atoms with Gasteiger partial charge in [0, 0.05) is 9.90 Å². The number of aryl methyl sites for hydroxylation is 3. The third-order valence-electron chi connectivity index (χ3n) is 4.67. The van der Waals surface area contributed by atoms with Crippen LogP contribution in [0.3, 0.4) is 0 Å². The number of rotatable bonds is 4. The quantitative estimate of drug-likeness (QED) is 0.460. The van der Waals surface area contributed by atoms with Crippen LogP contribution < -0.4 is 5.56 Å². The van der Waals surface area contributed by atoms with Gasteiger partial charge in [-0.15, -0.1) is 21.5 Å². The molecule has 1 atom stereocenters. The number of nitrogens with one attached hydrogen (secondary N) is 1. The van der Waals surface area contributed by atoms with E-state index in [2.05, 4.69) is 20.2 Å². The fourth-order valence-corrected chi connectivity index (χ4v) is 5.00. The Labute approximate surface area is 175 Å². The third-order valence-corrected chi connectivity index (χ3v) is 7.25. The van der Waals surface area contributed by atoms with E-state index in [1.807, 2.05) is 50.5 Å². The Bertz CT molecular complexity index is 1240. The summed E-state index contributed by atoms with van der Waals surface area (Å²) >= 11 is 9.29. The van der Waals surface area contributed by atoms with Crippen molar-refractivity contribution in [3.05, 3.63) is 61.7 Å². The summed E-state index contributed by atoms with van der Waals surface area (Å²) in [5.74, 6) is 0.625. The highest BCUT2D eigenvalue weighted by Crippen LogP contribution is 2.34. The average molecular weight is 432 g/mol. The van der Waals surface area contributed by atoms with E-state index < -0.39 is 0 Å². The van der Waals surface area contributed by atoms with Gasteiger partial charge < -0.3 is 4.98 Å². The van der Waals surface area contributed by atoms with E-state index in [9.17, 15) is 4.79 Å². The number of aromatic amines is 1. The number of thioether (sulfide) groups is 1. The summed E-state index contributed by atoms with van der Waals surface area (Å²) in [6.45, 7) is 7.91. The van der Waals surface area contributed by atoms with Crippen molar-refractivity contribution in [2.75, 3.05) is 0 Å². The molecular weight excluding hydrogens is 414 g/mol. The van der Waals surface area contributed by atoms with Crippen LogP contribution >= 0.6 is 34.7 Å². The fourth-order valence-electron chi connectivity index (χ4n) is 2.89. The maximum absolute atomic E-state index is 12.6. The van der Waals surface area contributed by atoms with Crippen molar-refractivity contribution in [1.82, 2.24) is 24.7 Å². The Morgan fingerprint density at radius 3 is 2.82 bits per heavy atom. The minimum Gasteiger partial charge on any atom is -0.309 e. The molecule has 3 heterocycles. The van der Waals surface area contributed by atoms with Crippen LogP contribution in [-0.2, 0) is 0 Å². The molecule has 1 aromatic carbocycles. The van der Waals surface area contributed by atoms with Crippen molar-refractivity contribution in [2.24, 2.45) is 0 Å². The Kier molecular flexibility index (Phi) is 5.03. The number of thiophene rings is 1. The highest BCUT2D eigenvalue weighted by atomic mass is 35.5. The lowest BCUT2D eigenvalue weighted by atomic mass is 10.2. The number of benzene rings is 1. The molecule has 0 amide bonds. The lowest BCUT2D eigenvalue weighted by Crippen LogP contribution is -2.12. The van der Waals surface area contributed by atoms with E-state index in [1.54, 1.807) is 17.7 Å². The zero-order valence-corrected chi connectivity index (χ0v) is 18.2.